The van der Waals surface area contributed by atoms with Gasteiger partial charge in [0.1, 0.15) is 17.2 Å². The fourth-order valence-corrected chi connectivity index (χ4v) is 13.4. The maximum absolute atomic E-state index is 13.4. The SMILES string of the molecule is C[C@]12Cc3cnn(-c4ccc(F)cc4)c3C=C1CC[C@@]2(O)C#Cc1ccccc1CC(N)=O.C[C@]12Cc3cnn(-c4ccc(F)cc4)c3C=C1CC[C@@]2(O)CCc1ccccc1CC(N)=O.NC(=O)Cc1ccccc1I.O=C(O)Cc1ccccc1I. The number of amides is 3. The maximum Gasteiger partial charge on any atom is 0.307 e. The van der Waals surface area contributed by atoms with Crippen LogP contribution in [0.4, 0.5) is 8.78 Å². The van der Waals surface area contributed by atoms with Crippen LogP contribution < -0.4 is 17.2 Å². The lowest BCUT2D eigenvalue weighted by Crippen LogP contribution is -2.45. The molecule has 0 saturated heterocycles. The van der Waals surface area contributed by atoms with Crippen molar-refractivity contribution in [2.45, 2.75) is 102 Å². The van der Waals surface area contributed by atoms with Crippen LogP contribution in [0.5, 0.6) is 0 Å². The Kier molecular flexibility index (Phi) is 20.1. The van der Waals surface area contributed by atoms with Gasteiger partial charge >= 0.3 is 5.97 Å². The molecule has 12 rings (SSSR count). The van der Waals surface area contributed by atoms with E-state index in [1.165, 1.54) is 29.8 Å². The number of hydrogen-bond donors (Lipinski definition) is 6. The molecule has 0 bridgehead atoms. The van der Waals surface area contributed by atoms with E-state index in [1.54, 1.807) is 24.3 Å². The molecule has 6 aromatic carbocycles. The van der Waals surface area contributed by atoms with Gasteiger partial charge in [-0.25, -0.2) is 18.1 Å². The van der Waals surface area contributed by atoms with Crippen LogP contribution in [-0.4, -0.2) is 69.8 Å². The summed E-state index contributed by atoms with van der Waals surface area (Å²) in [5.74, 6) is 3.88. The molecular formula is C70H67F2I2N7O7. The number of nitrogens with zero attached hydrogens (tertiary/aromatic N) is 4. The van der Waals surface area contributed by atoms with E-state index in [2.05, 4.69) is 86.3 Å². The van der Waals surface area contributed by atoms with Crippen LogP contribution in [0.1, 0.15) is 102 Å². The van der Waals surface area contributed by atoms with Crippen molar-refractivity contribution in [3.05, 3.63) is 244 Å². The largest absolute Gasteiger partial charge is 0.481 e. The molecule has 3 amide bonds. The summed E-state index contributed by atoms with van der Waals surface area (Å²) in [6, 6.07) is 43.0. The minimum Gasteiger partial charge on any atom is -0.481 e. The van der Waals surface area contributed by atoms with Crippen LogP contribution in [-0.2, 0) is 64.1 Å². The molecule has 9 N–H and O–H groups in total. The first-order valence-corrected chi connectivity index (χ1v) is 30.9. The first-order chi connectivity index (χ1) is 42.0. The molecule has 0 unspecified atom stereocenters. The fraction of sp³-hybridized carbons (Fsp3) is 0.257. The highest BCUT2D eigenvalue weighted by atomic mass is 127. The first kappa shape index (κ1) is 64.4. The van der Waals surface area contributed by atoms with Crippen molar-refractivity contribution >= 4 is 81.0 Å². The van der Waals surface area contributed by atoms with Gasteiger partial charge in [-0.05, 0) is 214 Å². The molecular weight excluding hydrogens is 1340 g/mol. The fourth-order valence-electron chi connectivity index (χ4n) is 12.3. The number of carboxylic acids is 1. The number of aromatic nitrogens is 4. The van der Waals surface area contributed by atoms with Crippen molar-refractivity contribution in [1.82, 2.24) is 19.6 Å². The molecule has 4 aliphatic rings. The molecule has 2 heterocycles. The van der Waals surface area contributed by atoms with Gasteiger partial charge in [-0.2, -0.15) is 10.2 Å². The van der Waals surface area contributed by atoms with Crippen LogP contribution in [0.15, 0.2) is 169 Å². The number of aryl methyl sites for hydroxylation is 1. The number of aliphatic carboxylic acids is 1. The highest BCUT2D eigenvalue weighted by molar-refractivity contribution is 14.1. The summed E-state index contributed by atoms with van der Waals surface area (Å²) in [5.41, 5.74) is 26.2. The number of fused-ring (bicyclic) bond motifs is 4. The number of carbonyl (C=O) groups is 4. The summed E-state index contributed by atoms with van der Waals surface area (Å²) in [6.07, 6.45) is 14.0. The Hall–Kier alpha value is -8.10. The monoisotopic (exact) mass is 1410 g/mol. The predicted octanol–water partition coefficient (Wildman–Crippen LogP) is 10.9. The summed E-state index contributed by atoms with van der Waals surface area (Å²) in [7, 11) is 0. The maximum atomic E-state index is 13.4. The molecule has 0 aliphatic heterocycles. The second-order valence-electron chi connectivity index (χ2n) is 23.0. The average Bonchev–Trinajstić information content (AvgIpc) is 1.61. The summed E-state index contributed by atoms with van der Waals surface area (Å²) < 4.78 is 32.5. The minimum atomic E-state index is -1.21. The highest BCUT2D eigenvalue weighted by Crippen LogP contribution is 2.57. The zero-order chi connectivity index (χ0) is 63.0. The molecule has 2 aromatic heterocycles. The Morgan fingerprint density at radius 3 is 1.49 bits per heavy atom. The summed E-state index contributed by atoms with van der Waals surface area (Å²) in [5, 5.41) is 41.1. The van der Waals surface area contributed by atoms with Gasteiger partial charge in [-0.1, -0.05) is 116 Å². The molecule has 0 spiro atoms. The third kappa shape index (κ3) is 14.6. The molecule has 88 heavy (non-hydrogen) atoms. The van der Waals surface area contributed by atoms with Crippen molar-refractivity contribution in [2.24, 2.45) is 28.0 Å². The lowest BCUT2D eigenvalue weighted by Gasteiger charge is -2.42. The van der Waals surface area contributed by atoms with E-state index in [4.69, 9.17) is 22.3 Å². The Morgan fingerprint density at radius 2 is 0.977 bits per heavy atom. The number of rotatable bonds is 13. The van der Waals surface area contributed by atoms with Crippen molar-refractivity contribution in [3.8, 4) is 23.2 Å². The third-order valence-corrected chi connectivity index (χ3v) is 19.3. The normalized spacial score (nSPS) is 20.0. The Balaban J connectivity index is 0.000000157. The van der Waals surface area contributed by atoms with Crippen molar-refractivity contribution in [2.75, 3.05) is 0 Å². The van der Waals surface area contributed by atoms with Crippen molar-refractivity contribution in [3.63, 3.8) is 0 Å². The summed E-state index contributed by atoms with van der Waals surface area (Å²) in [6.45, 7) is 4.20. The van der Waals surface area contributed by atoms with Gasteiger partial charge in [-0.15, -0.1) is 0 Å². The number of primary amides is 3. The molecule has 18 heteroatoms. The van der Waals surface area contributed by atoms with E-state index in [9.17, 15) is 38.2 Å². The van der Waals surface area contributed by atoms with Crippen LogP contribution in [0, 0.1) is 41.4 Å². The van der Waals surface area contributed by atoms with E-state index >= 15 is 0 Å². The van der Waals surface area contributed by atoms with Gasteiger partial charge in [-0.3, -0.25) is 19.2 Å². The van der Waals surface area contributed by atoms with Gasteiger partial charge in [0.2, 0.25) is 17.7 Å². The zero-order valence-electron chi connectivity index (χ0n) is 48.7. The Labute approximate surface area is 537 Å². The van der Waals surface area contributed by atoms with E-state index in [-0.39, 0.29) is 48.1 Å². The molecule has 4 aliphatic carbocycles. The number of benzene rings is 6. The van der Waals surface area contributed by atoms with Crippen LogP contribution in [0.2, 0.25) is 0 Å². The highest BCUT2D eigenvalue weighted by Gasteiger charge is 2.56. The van der Waals surface area contributed by atoms with Crippen LogP contribution in [0.3, 0.4) is 0 Å². The Morgan fingerprint density at radius 1 is 0.557 bits per heavy atom. The van der Waals surface area contributed by atoms with Crippen molar-refractivity contribution < 1.29 is 43.3 Å². The van der Waals surface area contributed by atoms with E-state index < -0.39 is 28.5 Å². The number of hydrogen-bond acceptors (Lipinski definition) is 8. The second kappa shape index (κ2) is 27.5. The van der Waals surface area contributed by atoms with Crippen LogP contribution >= 0.6 is 45.2 Å². The van der Waals surface area contributed by atoms with E-state index in [1.807, 2.05) is 126 Å². The first-order valence-electron chi connectivity index (χ1n) is 28.7. The van der Waals surface area contributed by atoms with E-state index in [0.717, 1.165) is 87.3 Å². The van der Waals surface area contributed by atoms with Gasteiger partial charge < -0.3 is 32.5 Å². The molecule has 4 atom stereocenters. The van der Waals surface area contributed by atoms with Crippen molar-refractivity contribution in [1.29, 1.82) is 0 Å². The number of nitrogens with two attached hydrogens (primary N) is 3. The van der Waals surface area contributed by atoms with Crippen LogP contribution in [0.25, 0.3) is 23.5 Å². The molecule has 2 fully saturated rings. The minimum absolute atomic E-state index is 0.109. The topological polar surface area (TPSA) is 243 Å². The molecule has 14 nitrogen and oxygen atoms in total. The summed E-state index contributed by atoms with van der Waals surface area (Å²) in [4.78, 5) is 43.7. The van der Waals surface area contributed by atoms with Gasteiger partial charge in [0.05, 0.1) is 66.4 Å². The molecule has 8 aromatic rings. The third-order valence-electron chi connectivity index (χ3n) is 17.2. The predicted molar refractivity (Wildman–Crippen MR) is 351 cm³/mol. The number of aliphatic hydroxyl groups is 2. The molecule has 452 valence electrons. The quantitative estimate of drug-likeness (QED) is 0.0474. The second-order valence-corrected chi connectivity index (χ2v) is 25.3. The molecule has 2 saturated carbocycles. The number of halogens is 4. The lowest BCUT2D eigenvalue weighted by atomic mass is 9.65. The van der Waals surface area contributed by atoms with Gasteiger partial charge in [0.15, 0.2) is 0 Å². The number of carboxylic acid groups (broad SMARTS) is 1. The van der Waals surface area contributed by atoms with E-state index in [0.29, 0.717) is 50.5 Å². The lowest BCUT2D eigenvalue weighted by molar-refractivity contribution is -0.136. The smallest absolute Gasteiger partial charge is 0.307 e. The summed E-state index contributed by atoms with van der Waals surface area (Å²) >= 11 is 4.32. The average molecular weight is 1410 g/mol. The standard InChI is InChI=1S/C27H28FN3O2.C27H24FN3O2.C8H8INO.C8H7IO2/c2*1-26-16-20-17-30-31(23-8-6-22(28)7-9-23)24(20)15-21(26)11-13-27(26,33)12-10-18-4-2-3-5-19(18)14-25(29)32;2*9-7-4-2-1-3-6(7)5-8(10)11/h2-9,15,17,33H,10-14,16H2,1H3,(H2,29,32);2-9,15,17,33H,11,13-14,16H2,1H3,(H2,29,32);1-4H,5H2,(H2,10,11);1-4H,5H2,(H,10,11)/t2*26-,27-;;/m00../s1. The van der Waals surface area contributed by atoms with Gasteiger partial charge in [0, 0.05) is 23.5 Å². The molecule has 0 radical (unpaired) electrons. The van der Waals surface area contributed by atoms with Gasteiger partial charge in [0.25, 0.3) is 0 Å². The zero-order valence-corrected chi connectivity index (χ0v) is 53.0. The number of carbonyl (C=O) groups excluding carboxylic acids is 3. The Bertz CT molecular complexity index is 4000.